The molecule has 5 heteroatoms. The van der Waals surface area contributed by atoms with E-state index >= 15 is 0 Å². The first kappa shape index (κ1) is 9.91. The van der Waals surface area contributed by atoms with Crippen molar-refractivity contribution in [2.24, 2.45) is 0 Å². The highest BCUT2D eigenvalue weighted by Gasteiger charge is 2.11. The Hall–Kier alpha value is -0.170. The first-order valence-electron chi connectivity index (χ1n) is 3.40. The molecule has 66 valence electrons. The Bertz CT molecular complexity index is 357. The first-order chi connectivity index (χ1) is 5.56. The highest BCUT2D eigenvalue weighted by atomic mass is 127. The van der Waals surface area contributed by atoms with Crippen molar-refractivity contribution in [2.75, 3.05) is 5.75 Å². The predicted octanol–water partition coefficient (Wildman–Crippen LogP) is 1.48. The van der Waals surface area contributed by atoms with Gasteiger partial charge >= 0.3 is 0 Å². The smallest absolute Gasteiger partial charge is 0.195 e. The van der Waals surface area contributed by atoms with Gasteiger partial charge in [0.05, 0.1) is 5.75 Å². The molecule has 0 saturated carbocycles. The van der Waals surface area contributed by atoms with Crippen LogP contribution in [0.1, 0.15) is 6.92 Å². The maximum atomic E-state index is 11.2. The first-order valence-corrected chi connectivity index (χ1v) is 6.13. The number of hydrogen-bond acceptors (Lipinski definition) is 3. The van der Waals surface area contributed by atoms with Crippen LogP contribution in [-0.4, -0.2) is 19.2 Å². The van der Waals surface area contributed by atoms with Gasteiger partial charge in [0, 0.05) is 9.77 Å². The summed E-state index contributed by atoms with van der Waals surface area (Å²) < 4.78 is 23.4. The molecule has 0 N–H and O–H groups in total. The average molecular weight is 297 g/mol. The van der Waals surface area contributed by atoms with Gasteiger partial charge in [0.25, 0.3) is 0 Å². The second-order valence-electron chi connectivity index (χ2n) is 2.22. The zero-order chi connectivity index (χ0) is 9.19. The van der Waals surface area contributed by atoms with Gasteiger partial charge in [-0.05, 0) is 34.7 Å². The molecule has 1 aromatic rings. The summed E-state index contributed by atoms with van der Waals surface area (Å²) in [7, 11) is -3.13. The number of pyridine rings is 1. The van der Waals surface area contributed by atoms with E-state index in [1.165, 1.54) is 6.07 Å². The van der Waals surface area contributed by atoms with Gasteiger partial charge in [-0.2, -0.15) is 0 Å². The minimum atomic E-state index is -3.13. The van der Waals surface area contributed by atoms with E-state index in [1.807, 2.05) is 0 Å². The van der Waals surface area contributed by atoms with Crippen molar-refractivity contribution in [2.45, 2.75) is 11.9 Å². The van der Waals surface area contributed by atoms with Crippen LogP contribution >= 0.6 is 22.6 Å². The van der Waals surface area contributed by atoms with Crippen LogP contribution in [0.4, 0.5) is 0 Å². The second kappa shape index (κ2) is 3.69. The van der Waals surface area contributed by atoms with Gasteiger partial charge < -0.3 is 0 Å². The molecule has 1 rings (SSSR count). The molecule has 0 amide bonds. The van der Waals surface area contributed by atoms with Gasteiger partial charge in [0.15, 0.2) is 14.9 Å². The standard InChI is InChI=1S/C7H8INO2S/c1-2-12(10,11)7-4-3-6(8)5-9-7/h3-5H,2H2,1H3. The van der Waals surface area contributed by atoms with Gasteiger partial charge in [-0.15, -0.1) is 0 Å². The van der Waals surface area contributed by atoms with Crippen LogP contribution in [0.5, 0.6) is 0 Å². The van der Waals surface area contributed by atoms with Crippen LogP contribution in [0.15, 0.2) is 23.4 Å². The van der Waals surface area contributed by atoms with Crippen LogP contribution in [0.2, 0.25) is 0 Å². The molecule has 0 spiro atoms. The Morgan fingerprint density at radius 3 is 2.58 bits per heavy atom. The van der Waals surface area contributed by atoms with E-state index in [9.17, 15) is 8.42 Å². The predicted molar refractivity (Wildman–Crippen MR) is 54.7 cm³/mol. The van der Waals surface area contributed by atoms with Gasteiger partial charge in [-0.25, -0.2) is 13.4 Å². The lowest BCUT2D eigenvalue weighted by Gasteiger charge is -1.98. The van der Waals surface area contributed by atoms with Crippen LogP contribution < -0.4 is 0 Å². The van der Waals surface area contributed by atoms with Crippen molar-refractivity contribution >= 4 is 32.4 Å². The fourth-order valence-electron chi connectivity index (χ4n) is 0.694. The Kier molecular flexibility index (Phi) is 3.05. The van der Waals surface area contributed by atoms with Crippen molar-refractivity contribution < 1.29 is 8.42 Å². The average Bonchev–Trinajstić information content (AvgIpc) is 2.05. The van der Waals surface area contributed by atoms with Crippen LogP contribution in [0.3, 0.4) is 0 Å². The van der Waals surface area contributed by atoms with E-state index in [-0.39, 0.29) is 10.8 Å². The highest BCUT2D eigenvalue weighted by molar-refractivity contribution is 14.1. The molecule has 1 aromatic heterocycles. The summed E-state index contributed by atoms with van der Waals surface area (Å²) in [5.41, 5.74) is 0. The number of halogens is 1. The number of aromatic nitrogens is 1. The van der Waals surface area contributed by atoms with E-state index in [4.69, 9.17) is 0 Å². The molecular weight excluding hydrogens is 289 g/mol. The molecule has 3 nitrogen and oxygen atoms in total. The van der Waals surface area contributed by atoms with Gasteiger partial charge in [-0.3, -0.25) is 0 Å². The van der Waals surface area contributed by atoms with Crippen LogP contribution in [-0.2, 0) is 9.84 Å². The molecule has 0 aliphatic heterocycles. The summed E-state index contributed by atoms with van der Waals surface area (Å²) in [5, 5.41) is 0.158. The monoisotopic (exact) mass is 297 g/mol. The zero-order valence-corrected chi connectivity index (χ0v) is 9.46. The molecule has 1 heterocycles. The van der Waals surface area contributed by atoms with E-state index in [0.29, 0.717) is 0 Å². The number of nitrogens with zero attached hydrogens (tertiary/aromatic N) is 1. The van der Waals surface area contributed by atoms with Crippen molar-refractivity contribution in [3.8, 4) is 0 Å². The quantitative estimate of drug-likeness (QED) is 0.777. The SMILES string of the molecule is CCS(=O)(=O)c1ccc(I)cn1. The summed E-state index contributed by atoms with van der Waals surface area (Å²) in [4.78, 5) is 3.83. The normalized spacial score (nSPS) is 11.5. The summed E-state index contributed by atoms with van der Waals surface area (Å²) in [6.07, 6.45) is 1.54. The zero-order valence-electron chi connectivity index (χ0n) is 6.49. The Balaban J connectivity index is 3.14. The number of rotatable bonds is 2. The van der Waals surface area contributed by atoms with E-state index in [2.05, 4.69) is 27.6 Å². The van der Waals surface area contributed by atoms with Gasteiger partial charge in [0.2, 0.25) is 0 Å². The number of sulfone groups is 1. The number of hydrogen-bond donors (Lipinski definition) is 0. The molecule has 0 atom stereocenters. The highest BCUT2D eigenvalue weighted by Crippen LogP contribution is 2.09. The minimum Gasteiger partial charge on any atom is -0.244 e. The Labute approximate surface area is 85.3 Å². The van der Waals surface area contributed by atoms with Crippen molar-refractivity contribution in [3.63, 3.8) is 0 Å². The fraction of sp³-hybridized carbons (Fsp3) is 0.286. The summed E-state index contributed by atoms with van der Waals surface area (Å²) in [5.74, 6) is 0.0978. The second-order valence-corrected chi connectivity index (χ2v) is 5.69. The third kappa shape index (κ3) is 2.16. The van der Waals surface area contributed by atoms with E-state index in [1.54, 1.807) is 19.2 Å². The van der Waals surface area contributed by atoms with Crippen molar-refractivity contribution in [1.82, 2.24) is 4.98 Å². The molecule has 0 bridgehead atoms. The lowest BCUT2D eigenvalue weighted by molar-refractivity contribution is 0.593. The molecular formula is C7H8INO2S. The summed E-state index contributed by atoms with van der Waals surface area (Å²) in [6.45, 7) is 1.61. The molecule has 0 aliphatic rings. The molecule has 0 aromatic carbocycles. The fourth-order valence-corrected chi connectivity index (χ4v) is 1.80. The third-order valence-electron chi connectivity index (χ3n) is 1.40. The lowest BCUT2D eigenvalue weighted by Crippen LogP contribution is -2.05. The van der Waals surface area contributed by atoms with Crippen LogP contribution in [0.25, 0.3) is 0 Å². The topological polar surface area (TPSA) is 47.0 Å². The molecule has 0 radical (unpaired) electrons. The Morgan fingerprint density at radius 1 is 1.50 bits per heavy atom. The molecule has 12 heavy (non-hydrogen) atoms. The van der Waals surface area contributed by atoms with E-state index in [0.717, 1.165) is 3.57 Å². The van der Waals surface area contributed by atoms with Crippen LogP contribution in [0, 0.1) is 3.57 Å². The lowest BCUT2D eigenvalue weighted by atomic mass is 10.5. The molecule has 0 unspecified atom stereocenters. The van der Waals surface area contributed by atoms with E-state index < -0.39 is 9.84 Å². The maximum absolute atomic E-state index is 11.2. The molecule has 0 aliphatic carbocycles. The molecule has 0 saturated heterocycles. The maximum Gasteiger partial charge on any atom is 0.195 e. The summed E-state index contributed by atoms with van der Waals surface area (Å²) >= 11 is 2.08. The van der Waals surface area contributed by atoms with Crippen molar-refractivity contribution in [1.29, 1.82) is 0 Å². The Morgan fingerprint density at radius 2 is 2.17 bits per heavy atom. The minimum absolute atomic E-state index is 0.0978. The largest absolute Gasteiger partial charge is 0.244 e. The van der Waals surface area contributed by atoms with Crippen molar-refractivity contribution in [3.05, 3.63) is 21.9 Å². The van der Waals surface area contributed by atoms with Gasteiger partial charge in [0.1, 0.15) is 0 Å². The summed E-state index contributed by atoms with van der Waals surface area (Å²) in [6, 6.07) is 3.26. The molecule has 0 fully saturated rings. The van der Waals surface area contributed by atoms with Gasteiger partial charge in [-0.1, -0.05) is 6.92 Å². The third-order valence-corrected chi connectivity index (χ3v) is 3.68.